The molecule has 1 aromatic heterocycles. The Labute approximate surface area is 150 Å². The van der Waals surface area contributed by atoms with Crippen LogP contribution in [0.5, 0.6) is 0 Å². The first-order valence-corrected chi connectivity index (χ1v) is 8.86. The predicted molar refractivity (Wildman–Crippen MR) is 94.1 cm³/mol. The van der Waals surface area contributed by atoms with E-state index in [0.717, 1.165) is 30.4 Å². The number of nitrogens with zero attached hydrogens (tertiary/aromatic N) is 4. The van der Waals surface area contributed by atoms with Gasteiger partial charge in [0.2, 0.25) is 11.8 Å². The van der Waals surface area contributed by atoms with E-state index < -0.39 is 6.03 Å². The van der Waals surface area contributed by atoms with Crippen LogP contribution in [0.25, 0.3) is 11.0 Å². The molecule has 8 heteroatoms. The van der Waals surface area contributed by atoms with Crippen molar-refractivity contribution in [3.05, 3.63) is 30.6 Å². The molecule has 1 aromatic carbocycles. The van der Waals surface area contributed by atoms with Gasteiger partial charge in [-0.3, -0.25) is 14.9 Å². The van der Waals surface area contributed by atoms with E-state index in [4.69, 9.17) is 0 Å². The number of urea groups is 1. The number of hydrogen-bond donors (Lipinski definition) is 1. The van der Waals surface area contributed by atoms with E-state index in [0.29, 0.717) is 19.0 Å². The van der Waals surface area contributed by atoms with Crippen molar-refractivity contribution in [1.29, 1.82) is 0 Å². The number of likely N-dealkylation sites (tertiary alicyclic amines) is 1. The average Bonchev–Trinajstić information content (AvgIpc) is 3.18. The summed E-state index contributed by atoms with van der Waals surface area (Å²) in [6.45, 7) is 2.09. The fraction of sp³-hybridized carbons (Fsp3) is 0.444. The first-order valence-electron chi connectivity index (χ1n) is 8.86. The van der Waals surface area contributed by atoms with Crippen molar-refractivity contribution >= 4 is 28.9 Å². The number of benzene rings is 1. The van der Waals surface area contributed by atoms with E-state index >= 15 is 0 Å². The van der Waals surface area contributed by atoms with Crippen LogP contribution in [-0.4, -0.2) is 63.4 Å². The summed E-state index contributed by atoms with van der Waals surface area (Å²) in [5, 5.41) is 2.20. The van der Waals surface area contributed by atoms with Gasteiger partial charge in [0.15, 0.2) is 0 Å². The van der Waals surface area contributed by atoms with E-state index in [1.165, 1.54) is 4.90 Å². The number of fused-ring (bicyclic) bond motifs is 1. The van der Waals surface area contributed by atoms with Crippen LogP contribution in [0.15, 0.2) is 30.6 Å². The number of imide groups is 1. The molecule has 2 saturated heterocycles. The van der Waals surface area contributed by atoms with Crippen LogP contribution in [0.2, 0.25) is 0 Å². The van der Waals surface area contributed by atoms with Gasteiger partial charge in [0.05, 0.1) is 17.4 Å². The van der Waals surface area contributed by atoms with Crippen molar-refractivity contribution in [1.82, 2.24) is 24.7 Å². The Morgan fingerprint density at radius 3 is 2.92 bits per heavy atom. The van der Waals surface area contributed by atoms with Gasteiger partial charge < -0.3 is 14.4 Å². The Morgan fingerprint density at radius 1 is 1.27 bits per heavy atom. The molecule has 4 rings (SSSR count). The number of amides is 4. The minimum Gasteiger partial charge on any atom is -0.341 e. The summed E-state index contributed by atoms with van der Waals surface area (Å²) in [6, 6.07) is 7.53. The molecule has 2 aliphatic heterocycles. The molecule has 1 atom stereocenters. The van der Waals surface area contributed by atoms with Crippen LogP contribution < -0.4 is 5.32 Å². The zero-order valence-electron chi connectivity index (χ0n) is 14.4. The molecule has 3 heterocycles. The Balaban J connectivity index is 1.38. The molecule has 2 aliphatic rings. The van der Waals surface area contributed by atoms with Crippen LogP contribution in [0.4, 0.5) is 4.79 Å². The number of imidazole rings is 1. The molecule has 2 aromatic rings. The Kier molecular flexibility index (Phi) is 4.32. The zero-order chi connectivity index (χ0) is 18.1. The van der Waals surface area contributed by atoms with E-state index in [1.54, 1.807) is 0 Å². The minimum absolute atomic E-state index is 0.0388. The van der Waals surface area contributed by atoms with Crippen LogP contribution in [0, 0.1) is 5.92 Å². The van der Waals surface area contributed by atoms with Crippen molar-refractivity contribution in [2.75, 3.05) is 26.2 Å². The minimum atomic E-state index is -0.484. The van der Waals surface area contributed by atoms with Gasteiger partial charge in [0.25, 0.3) is 0 Å². The van der Waals surface area contributed by atoms with E-state index in [1.807, 2.05) is 29.4 Å². The van der Waals surface area contributed by atoms with E-state index in [2.05, 4.69) is 20.9 Å². The molecule has 26 heavy (non-hydrogen) atoms. The fourth-order valence-electron chi connectivity index (χ4n) is 3.75. The van der Waals surface area contributed by atoms with Crippen LogP contribution in [0.1, 0.15) is 12.8 Å². The lowest BCUT2D eigenvalue weighted by molar-refractivity contribution is -0.133. The second-order valence-corrected chi connectivity index (χ2v) is 6.94. The van der Waals surface area contributed by atoms with Crippen LogP contribution in [0.3, 0.4) is 0 Å². The Bertz CT molecular complexity index is 861. The number of piperidine rings is 1. The van der Waals surface area contributed by atoms with Crippen LogP contribution in [-0.2, 0) is 16.1 Å². The second kappa shape index (κ2) is 6.78. The topological polar surface area (TPSA) is 87.5 Å². The van der Waals surface area contributed by atoms with Gasteiger partial charge in [-0.15, -0.1) is 0 Å². The summed E-state index contributed by atoms with van der Waals surface area (Å²) >= 11 is 0. The van der Waals surface area contributed by atoms with Crippen molar-refractivity contribution < 1.29 is 14.4 Å². The van der Waals surface area contributed by atoms with Gasteiger partial charge >= 0.3 is 6.03 Å². The number of nitrogens with one attached hydrogen (secondary N) is 1. The molecular formula is C18H21N5O3. The number of rotatable bonds is 4. The van der Waals surface area contributed by atoms with Crippen molar-refractivity contribution in [3.8, 4) is 0 Å². The number of carbonyl (C=O) groups excluding carboxylic acids is 3. The lowest BCUT2D eigenvalue weighted by atomic mass is 9.97. The normalized spacial score (nSPS) is 20.7. The SMILES string of the molecule is O=C1CN(CC(=O)N2CCCC(Cn3cnc4ccccc43)C2)C(=O)N1. The van der Waals surface area contributed by atoms with Crippen molar-refractivity contribution in [3.63, 3.8) is 0 Å². The molecule has 0 aliphatic carbocycles. The zero-order valence-corrected chi connectivity index (χ0v) is 14.4. The maximum atomic E-state index is 12.5. The number of hydrogen-bond acceptors (Lipinski definition) is 4. The van der Waals surface area contributed by atoms with E-state index in [-0.39, 0.29) is 24.9 Å². The summed E-state index contributed by atoms with van der Waals surface area (Å²) in [6.07, 6.45) is 3.85. The Morgan fingerprint density at radius 2 is 2.12 bits per heavy atom. The molecule has 1 unspecified atom stereocenters. The molecule has 2 fully saturated rings. The number of carbonyl (C=O) groups is 3. The molecule has 0 radical (unpaired) electrons. The smallest absolute Gasteiger partial charge is 0.325 e. The number of para-hydroxylation sites is 2. The van der Waals surface area contributed by atoms with Gasteiger partial charge in [0, 0.05) is 19.6 Å². The van der Waals surface area contributed by atoms with Gasteiger partial charge in [-0.1, -0.05) is 12.1 Å². The quantitative estimate of drug-likeness (QED) is 0.823. The second-order valence-electron chi connectivity index (χ2n) is 6.94. The van der Waals surface area contributed by atoms with E-state index in [9.17, 15) is 14.4 Å². The third kappa shape index (κ3) is 3.26. The monoisotopic (exact) mass is 355 g/mol. The molecular weight excluding hydrogens is 334 g/mol. The fourth-order valence-corrected chi connectivity index (χ4v) is 3.75. The largest absolute Gasteiger partial charge is 0.341 e. The molecule has 0 spiro atoms. The molecule has 8 nitrogen and oxygen atoms in total. The lowest BCUT2D eigenvalue weighted by Crippen LogP contribution is -2.46. The molecule has 1 N–H and O–H groups in total. The first kappa shape index (κ1) is 16.6. The summed E-state index contributed by atoms with van der Waals surface area (Å²) < 4.78 is 2.14. The summed E-state index contributed by atoms with van der Waals surface area (Å²) in [5.41, 5.74) is 2.07. The first-order chi connectivity index (χ1) is 12.6. The lowest BCUT2D eigenvalue weighted by Gasteiger charge is -2.33. The third-order valence-electron chi connectivity index (χ3n) is 5.05. The summed E-state index contributed by atoms with van der Waals surface area (Å²) in [5.74, 6) is -0.110. The average molecular weight is 355 g/mol. The maximum absolute atomic E-state index is 12.5. The third-order valence-corrected chi connectivity index (χ3v) is 5.05. The van der Waals surface area contributed by atoms with Crippen LogP contribution >= 0.6 is 0 Å². The maximum Gasteiger partial charge on any atom is 0.325 e. The predicted octanol–water partition coefficient (Wildman–Crippen LogP) is 0.827. The summed E-state index contributed by atoms with van der Waals surface area (Å²) in [7, 11) is 0. The van der Waals surface area contributed by atoms with Crippen molar-refractivity contribution in [2.45, 2.75) is 19.4 Å². The molecule has 136 valence electrons. The number of aromatic nitrogens is 2. The highest BCUT2D eigenvalue weighted by Crippen LogP contribution is 2.21. The van der Waals surface area contributed by atoms with Gasteiger partial charge in [-0.25, -0.2) is 9.78 Å². The van der Waals surface area contributed by atoms with Gasteiger partial charge in [0.1, 0.15) is 13.1 Å². The Hall–Kier alpha value is -2.90. The standard InChI is InChI=1S/C18H21N5O3/c24-16-10-22(18(26)20-16)11-17(25)21-7-3-4-13(8-21)9-23-12-19-14-5-1-2-6-15(14)23/h1-2,5-6,12-13H,3-4,7-11H2,(H,20,24,26). The van der Waals surface area contributed by atoms with Crippen molar-refractivity contribution in [2.24, 2.45) is 5.92 Å². The van der Waals surface area contributed by atoms with Gasteiger partial charge in [-0.05, 0) is 30.9 Å². The summed E-state index contributed by atoms with van der Waals surface area (Å²) in [4.78, 5) is 42.9. The molecule has 4 amide bonds. The highest BCUT2D eigenvalue weighted by atomic mass is 16.2. The molecule has 0 bridgehead atoms. The highest BCUT2D eigenvalue weighted by molar-refractivity contribution is 6.03. The van der Waals surface area contributed by atoms with Gasteiger partial charge in [-0.2, -0.15) is 0 Å². The molecule has 0 saturated carbocycles. The highest BCUT2D eigenvalue weighted by Gasteiger charge is 2.31.